The van der Waals surface area contributed by atoms with Crippen molar-refractivity contribution in [2.45, 2.75) is 25.7 Å². The maximum absolute atomic E-state index is 8.52. The Bertz CT molecular complexity index is 304. The van der Waals surface area contributed by atoms with E-state index in [1.807, 2.05) is 18.3 Å². The van der Waals surface area contributed by atoms with Gasteiger partial charge in [0.1, 0.15) is 17.7 Å². The molecule has 1 rings (SSSR count). The van der Waals surface area contributed by atoms with Gasteiger partial charge in [-0.1, -0.05) is 12.8 Å². The van der Waals surface area contributed by atoms with E-state index in [9.17, 15) is 0 Å². The Morgan fingerprint density at radius 1 is 1.00 bits per heavy atom. The fourth-order valence-corrected chi connectivity index (χ4v) is 1.60. The summed E-state index contributed by atoms with van der Waals surface area (Å²) in [6, 6.07) is 3.66. The lowest BCUT2D eigenvalue weighted by Gasteiger charge is -2.16. The molecule has 1 heterocycles. The minimum absolute atomic E-state index is 0.154. The first kappa shape index (κ1) is 11.3. The molecule has 0 aliphatic carbocycles. The molecule has 0 aromatic carbocycles. The topological polar surface area (TPSA) is 50.8 Å². The Hall–Kier alpha value is -1.74. The van der Waals surface area contributed by atoms with Crippen LogP contribution in [0.2, 0.25) is 0 Å². The molecule has 0 N–H and O–H groups in total. The van der Waals surface area contributed by atoms with Gasteiger partial charge in [-0.25, -0.2) is 0 Å². The molecular formula is C12H15N3. The molecule has 0 unspecified atom stereocenters. The predicted molar refractivity (Wildman–Crippen MR) is 58.5 cm³/mol. The molecular weight excluding hydrogens is 186 g/mol. The van der Waals surface area contributed by atoms with Gasteiger partial charge in [-0.3, -0.25) is 0 Å². The summed E-state index contributed by atoms with van der Waals surface area (Å²) >= 11 is 0. The summed E-state index contributed by atoms with van der Waals surface area (Å²) in [7, 11) is 0. The highest BCUT2D eigenvalue weighted by Gasteiger charge is 2.03. The van der Waals surface area contributed by atoms with Crippen LogP contribution in [0.15, 0.2) is 23.9 Å². The van der Waals surface area contributed by atoms with Crippen LogP contribution in [0.1, 0.15) is 25.7 Å². The van der Waals surface area contributed by atoms with E-state index in [4.69, 9.17) is 10.5 Å². The van der Waals surface area contributed by atoms with Gasteiger partial charge in [0.05, 0.1) is 0 Å². The van der Waals surface area contributed by atoms with Crippen LogP contribution in [0, 0.1) is 22.7 Å². The normalized spacial score (nSPS) is 16.5. The molecule has 0 spiro atoms. The molecule has 1 fully saturated rings. The number of likely N-dealkylation sites (tertiary alicyclic amines) is 1. The van der Waals surface area contributed by atoms with Gasteiger partial charge in [0.15, 0.2) is 0 Å². The van der Waals surface area contributed by atoms with Crippen LogP contribution in [0.25, 0.3) is 0 Å². The Morgan fingerprint density at radius 2 is 1.60 bits per heavy atom. The monoisotopic (exact) mass is 201 g/mol. The molecule has 0 aromatic heterocycles. The molecule has 0 amide bonds. The SMILES string of the molecule is N#CC(C#N)=CC=CN1CCCCCC1. The van der Waals surface area contributed by atoms with Crippen molar-refractivity contribution < 1.29 is 0 Å². The number of rotatable bonds is 2. The van der Waals surface area contributed by atoms with E-state index >= 15 is 0 Å². The number of nitrogens with zero attached hydrogens (tertiary/aromatic N) is 3. The summed E-state index contributed by atoms with van der Waals surface area (Å²) in [6.07, 6.45) is 10.4. The number of nitriles is 2. The van der Waals surface area contributed by atoms with Crippen LogP contribution in [-0.2, 0) is 0 Å². The maximum atomic E-state index is 8.52. The molecule has 0 saturated carbocycles. The van der Waals surface area contributed by atoms with Crippen molar-refractivity contribution in [2.75, 3.05) is 13.1 Å². The molecule has 1 aliphatic heterocycles. The Balaban J connectivity index is 2.46. The van der Waals surface area contributed by atoms with Crippen molar-refractivity contribution in [1.82, 2.24) is 4.90 Å². The van der Waals surface area contributed by atoms with Crippen LogP contribution in [0.5, 0.6) is 0 Å². The van der Waals surface area contributed by atoms with Crippen molar-refractivity contribution in [3.05, 3.63) is 23.9 Å². The summed E-state index contributed by atoms with van der Waals surface area (Å²) in [4.78, 5) is 2.25. The van der Waals surface area contributed by atoms with E-state index in [0.717, 1.165) is 13.1 Å². The summed E-state index contributed by atoms with van der Waals surface area (Å²) in [5.74, 6) is 0. The molecule has 1 aliphatic rings. The third-order valence-electron chi connectivity index (χ3n) is 2.44. The average molecular weight is 201 g/mol. The van der Waals surface area contributed by atoms with E-state index in [-0.39, 0.29) is 5.57 Å². The Morgan fingerprint density at radius 3 is 2.13 bits per heavy atom. The smallest absolute Gasteiger partial charge is 0.129 e. The maximum Gasteiger partial charge on any atom is 0.129 e. The first-order valence-corrected chi connectivity index (χ1v) is 5.29. The summed E-state index contributed by atoms with van der Waals surface area (Å²) in [5.41, 5.74) is 0.154. The van der Waals surface area contributed by atoms with Crippen molar-refractivity contribution in [3.63, 3.8) is 0 Å². The van der Waals surface area contributed by atoms with Crippen molar-refractivity contribution in [2.24, 2.45) is 0 Å². The highest BCUT2D eigenvalue weighted by molar-refractivity contribution is 5.37. The van der Waals surface area contributed by atoms with Crippen LogP contribution in [0.3, 0.4) is 0 Å². The summed E-state index contributed by atoms with van der Waals surface area (Å²) in [5, 5.41) is 17.0. The number of hydrogen-bond acceptors (Lipinski definition) is 3. The standard InChI is InChI=1S/C12H15N3/c13-10-12(11-14)6-5-9-15-7-3-1-2-4-8-15/h5-6,9H,1-4,7-8H2. The van der Waals surface area contributed by atoms with Crippen molar-refractivity contribution >= 4 is 0 Å². The molecule has 78 valence electrons. The lowest BCUT2D eigenvalue weighted by Crippen LogP contribution is -2.17. The quantitative estimate of drug-likeness (QED) is 0.509. The Labute approximate surface area is 90.9 Å². The average Bonchev–Trinajstić information content (AvgIpc) is 2.53. The van der Waals surface area contributed by atoms with E-state index in [0.29, 0.717) is 0 Å². The van der Waals surface area contributed by atoms with Gasteiger partial charge >= 0.3 is 0 Å². The van der Waals surface area contributed by atoms with Crippen LogP contribution < -0.4 is 0 Å². The van der Waals surface area contributed by atoms with Gasteiger partial charge in [0, 0.05) is 13.1 Å². The number of allylic oxidation sites excluding steroid dienone is 3. The van der Waals surface area contributed by atoms with Crippen molar-refractivity contribution in [1.29, 1.82) is 10.5 Å². The van der Waals surface area contributed by atoms with Gasteiger partial charge in [-0.2, -0.15) is 10.5 Å². The third kappa shape index (κ3) is 4.33. The highest BCUT2D eigenvalue weighted by Crippen LogP contribution is 2.09. The molecule has 0 aromatic rings. The zero-order chi connectivity index (χ0) is 10.9. The third-order valence-corrected chi connectivity index (χ3v) is 2.44. The molecule has 3 heteroatoms. The van der Waals surface area contributed by atoms with E-state index < -0.39 is 0 Å². The largest absolute Gasteiger partial charge is 0.377 e. The van der Waals surface area contributed by atoms with Gasteiger partial charge in [0.2, 0.25) is 0 Å². The zero-order valence-corrected chi connectivity index (χ0v) is 8.82. The minimum atomic E-state index is 0.154. The molecule has 0 radical (unpaired) electrons. The second-order valence-electron chi connectivity index (χ2n) is 3.60. The first-order valence-electron chi connectivity index (χ1n) is 5.29. The Kier molecular flexibility index (Phi) is 5.04. The van der Waals surface area contributed by atoms with Crippen LogP contribution in [0.4, 0.5) is 0 Å². The van der Waals surface area contributed by atoms with Crippen LogP contribution in [-0.4, -0.2) is 18.0 Å². The van der Waals surface area contributed by atoms with Crippen LogP contribution >= 0.6 is 0 Å². The second-order valence-corrected chi connectivity index (χ2v) is 3.60. The lowest BCUT2D eigenvalue weighted by atomic mass is 10.2. The number of hydrogen-bond donors (Lipinski definition) is 0. The minimum Gasteiger partial charge on any atom is -0.377 e. The first-order chi connectivity index (χ1) is 7.36. The summed E-state index contributed by atoms with van der Waals surface area (Å²) in [6.45, 7) is 2.16. The second kappa shape index (κ2) is 6.68. The van der Waals surface area contributed by atoms with E-state index in [1.165, 1.54) is 25.7 Å². The van der Waals surface area contributed by atoms with Gasteiger partial charge in [0.25, 0.3) is 0 Å². The lowest BCUT2D eigenvalue weighted by molar-refractivity contribution is 0.392. The fraction of sp³-hybridized carbons (Fsp3) is 0.500. The molecule has 3 nitrogen and oxygen atoms in total. The predicted octanol–water partition coefficient (Wildman–Crippen LogP) is 2.35. The molecule has 0 atom stereocenters. The highest BCUT2D eigenvalue weighted by atomic mass is 15.1. The molecule has 0 bridgehead atoms. The fourth-order valence-electron chi connectivity index (χ4n) is 1.60. The molecule has 15 heavy (non-hydrogen) atoms. The molecule has 1 saturated heterocycles. The summed E-state index contributed by atoms with van der Waals surface area (Å²) < 4.78 is 0. The van der Waals surface area contributed by atoms with E-state index in [2.05, 4.69) is 4.90 Å². The van der Waals surface area contributed by atoms with Gasteiger partial charge in [-0.15, -0.1) is 0 Å². The zero-order valence-electron chi connectivity index (χ0n) is 8.82. The van der Waals surface area contributed by atoms with Gasteiger partial charge < -0.3 is 4.90 Å². The van der Waals surface area contributed by atoms with Crippen molar-refractivity contribution in [3.8, 4) is 12.1 Å². The van der Waals surface area contributed by atoms with Gasteiger partial charge in [-0.05, 0) is 31.2 Å². The van der Waals surface area contributed by atoms with E-state index in [1.54, 1.807) is 12.2 Å².